The van der Waals surface area contributed by atoms with E-state index in [1.165, 1.54) is 0 Å². The quantitative estimate of drug-likeness (QED) is 0.695. The van der Waals surface area contributed by atoms with Gasteiger partial charge in [-0.15, -0.1) is 0 Å². The predicted molar refractivity (Wildman–Crippen MR) is 97.5 cm³/mol. The number of carbonyl (C=O) groups excluding carboxylic acids is 1. The summed E-state index contributed by atoms with van der Waals surface area (Å²) in [4.78, 5) is 14.9. The molecule has 1 fully saturated rings. The van der Waals surface area contributed by atoms with Gasteiger partial charge >= 0.3 is 0 Å². The second kappa shape index (κ2) is 6.90. The molecular formula is C20H21N3O4. The van der Waals surface area contributed by atoms with Crippen LogP contribution in [0, 0.1) is 13.8 Å². The van der Waals surface area contributed by atoms with Crippen molar-refractivity contribution < 1.29 is 18.6 Å². The van der Waals surface area contributed by atoms with Crippen molar-refractivity contribution in [1.29, 1.82) is 0 Å². The van der Waals surface area contributed by atoms with E-state index in [0.717, 1.165) is 41.2 Å². The zero-order valence-electron chi connectivity index (χ0n) is 15.6. The van der Waals surface area contributed by atoms with Gasteiger partial charge in [0.1, 0.15) is 11.5 Å². The number of aromatic nitrogens is 2. The monoisotopic (exact) mass is 367 g/mol. The normalized spacial score (nSPS) is 16.7. The Morgan fingerprint density at radius 2 is 1.96 bits per heavy atom. The second-order valence-electron chi connectivity index (χ2n) is 6.70. The molecule has 1 saturated heterocycles. The smallest absolute Gasteiger partial charge is 0.276 e. The van der Waals surface area contributed by atoms with Crippen molar-refractivity contribution in [2.45, 2.75) is 32.7 Å². The fraction of sp³-hybridized carbons (Fsp3) is 0.350. The number of nitrogens with zero attached hydrogens (tertiary/aromatic N) is 3. The van der Waals surface area contributed by atoms with Crippen molar-refractivity contribution in [2.75, 3.05) is 13.7 Å². The molecule has 1 aliphatic rings. The number of benzene rings is 1. The number of hydrogen-bond donors (Lipinski definition) is 0. The molecule has 0 spiro atoms. The van der Waals surface area contributed by atoms with Gasteiger partial charge in [-0.1, -0.05) is 10.3 Å². The van der Waals surface area contributed by atoms with Crippen LogP contribution in [0.15, 0.2) is 39.4 Å². The second-order valence-corrected chi connectivity index (χ2v) is 6.70. The molecule has 0 aliphatic carbocycles. The summed E-state index contributed by atoms with van der Waals surface area (Å²) in [6, 6.07) is 9.07. The molecule has 1 aromatic carbocycles. The molecule has 3 aromatic rings. The molecule has 0 saturated carbocycles. The fourth-order valence-corrected chi connectivity index (χ4v) is 3.69. The van der Waals surface area contributed by atoms with Crippen LogP contribution in [-0.2, 0) is 0 Å². The van der Waals surface area contributed by atoms with Gasteiger partial charge in [0.15, 0.2) is 11.5 Å². The van der Waals surface area contributed by atoms with Gasteiger partial charge in [-0.3, -0.25) is 4.79 Å². The standard InChI is InChI=1S/C20H21N3O4/c1-12-19(13(2)26-21-12)17-5-4-10-23(17)20(24)16-11-18(27-22-16)14-6-8-15(25-3)9-7-14/h6-9,11,17H,4-5,10H2,1-3H3. The van der Waals surface area contributed by atoms with Crippen LogP contribution in [0.4, 0.5) is 0 Å². The molecule has 4 rings (SSSR count). The summed E-state index contributed by atoms with van der Waals surface area (Å²) in [5.41, 5.74) is 2.97. The molecular weight excluding hydrogens is 346 g/mol. The van der Waals surface area contributed by atoms with Gasteiger partial charge < -0.3 is 18.7 Å². The van der Waals surface area contributed by atoms with Crippen molar-refractivity contribution in [1.82, 2.24) is 15.2 Å². The number of ether oxygens (including phenoxy) is 1. The highest BCUT2D eigenvalue weighted by Gasteiger charge is 2.35. The minimum absolute atomic E-state index is 0.0371. The summed E-state index contributed by atoms with van der Waals surface area (Å²) in [7, 11) is 1.62. The minimum Gasteiger partial charge on any atom is -0.497 e. The van der Waals surface area contributed by atoms with E-state index in [-0.39, 0.29) is 11.9 Å². The third-order valence-corrected chi connectivity index (χ3v) is 5.04. The van der Waals surface area contributed by atoms with Crippen LogP contribution in [0.5, 0.6) is 5.75 Å². The van der Waals surface area contributed by atoms with Crippen molar-refractivity contribution >= 4 is 5.91 Å². The number of aryl methyl sites for hydroxylation is 2. The Bertz CT molecular complexity index is 939. The number of rotatable bonds is 4. The van der Waals surface area contributed by atoms with Crippen molar-refractivity contribution in [2.24, 2.45) is 0 Å². The Morgan fingerprint density at radius 3 is 2.63 bits per heavy atom. The topological polar surface area (TPSA) is 81.6 Å². The first-order valence-electron chi connectivity index (χ1n) is 8.93. The highest BCUT2D eigenvalue weighted by atomic mass is 16.5. The Hall–Kier alpha value is -3.09. The van der Waals surface area contributed by atoms with E-state index in [9.17, 15) is 4.79 Å². The van der Waals surface area contributed by atoms with E-state index >= 15 is 0 Å². The lowest BCUT2D eigenvalue weighted by Crippen LogP contribution is -2.31. The Balaban J connectivity index is 1.58. The molecule has 3 heterocycles. The third kappa shape index (κ3) is 3.09. The van der Waals surface area contributed by atoms with Crippen molar-refractivity contribution in [3.63, 3.8) is 0 Å². The van der Waals surface area contributed by atoms with Crippen LogP contribution in [0.1, 0.15) is 46.4 Å². The van der Waals surface area contributed by atoms with E-state index in [0.29, 0.717) is 18.0 Å². The summed E-state index contributed by atoms with van der Waals surface area (Å²) in [6.07, 6.45) is 1.82. The van der Waals surface area contributed by atoms with Gasteiger partial charge in [0.2, 0.25) is 0 Å². The zero-order chi connectivity index (χ0) is 19.0. The fourth-order valence-electron chi connectivity index (χ4n) is 3.69. The summed E-state index contributed by atoms with van der Waals surface area (Å²) in [5.74, 6) is 1.93. The maximum absolute atomic E-state index is 13.1. The lowest BCUT2D eigenvalue weighted by molar-refractivity contribution is 0.0724. The maximum atomic E-state index is 13.1. The first-order valence-corrected chi connectivity index (χ1v) is 8.93. The average molecular weight is 367 g/mol. The molecule has 27 heavy (non-hydrogen) atoms. The number of amides is 1. The third-order valence-electron chi connectivity index (χ3n) is 5.04. The highest BCUT2D eigenvalue weighted by molar-refractivity contribution is 5.93. The van der Waals surface area contributed by atoms with E-state index in [2.05, 4.69) is 10.3 Å². The minimum atomic E-state index is -0.138. The largest absolute Gasteiger partial charge is 0.497 e. The lowest BCUT2D eigenvalue weighted by atomic mass is 10.0. The molecule has 1 aliphatic heterocycles. The molecule has 1 unspecified atom stereocenters. The summed E-state index contributed by atoms with van der Waals surface area (Å²) in [5, 5.41) is 8.03. The first kappa shape index (κ1) is 17.3. The molecule has 1 amide bonds. The van der Waals surface area contributed by atoms with Gasteiger partial charge in [-0.2, -0.15) is 0 Å². The Kier molecular flexibility index (Phi) is 4.43. The number of methoxy groups -OCH3 is 1. The molecule has 0 radical (unpaired) electrons. The number of likely N-dealkylation sites (tertiary alicyclic amines) is 1. The van der Waals surface area contributed by atoms with Crippen LogP contribution in [-0.4, -0.2) is 34.8 Å². The number of hydrogen-bond acceptors (Lipinski definition) is 6. The molecule has 7 nitrogen and oxygen atoms in total. The van der Waals surface area contributed by atoms with E-state index in [4.69, 9.17) is 13.8 Å². The van der Waals surface area contributed by atoms with E-state index < -0.39 is 0 Å². The summed E-state index contributed by atoms with van der Waals surface area (Å²) < 4.78 is 15.9. The van der Waals surface area contributed by atoms with Crippen LogP contribution in [0.2, 0.25) is 0 Å². The molecule has 0 N–H and O–H groups in total. The Morgan fingerprint density at radius 1 is 1.19 bits per heavy atom. The van der Waals surface area contributed by atoms with Crippen LogP contribution >= 0.6 is 0 Å². The summed E-state index contributed by atoms with van der Waals surface area (Å²) in [6.45, 7) is 4.47. The van der Waals surface area contributed by atoms with Crippen LogP contribution in [0.25, 0.3) is 11.3 Å². The van der Waals surface area contributed by atoms with Crippen molar-refractivity contribution in [3.8, 4) is 17.1 Å². The average Bonchev–Trinajstić information content (AvgIpc) is 3.41. The molecule has 140 valence electrons. The molecule has 1 atom stereocenters. The van der Waals surface area contributed by atoms with E-state index in [1.807, 2.05) is 43.0 Å². The Labute approximate surface area is 156 Å². The van der Waals surface area contributed by atoms with Gasteiger partial charge in [0, 0.05) is 23.7 Å². The molecule has 7 heteroatoms. The molecule has 0 bridgehead atoms. The molecule has 2 aromatic heterocycles. The number of carbonyl (C=O) groups is 1. The van der Waals surface area contributed by atoms with Crippen molar-refractivity contribution in [3.05, 3.63) is 53.0 Å². The summed E-state index contributed by atoms with van der Waals surface area (Å²) >= 11 is 0. The van der Waals surface area contributed by atoms with Gasteiger partial charge in [-0.25, -0.2) is 0 Å². The van der Waals surface area contributed by atoms with Gasteiger partial charge in [0.05, 0.1) is 18.8 Å². The van der Waals surface area contributed by atoms with Gasteiger partial charge in [0.25, 0.3) is 5.91 Å². The van der Waals surface area contributed by atoms with Gasteiger partial charge in [-0.05, 0) is 51.0 Å². The lowest BCUT2D eigenvalue weighted by Gasteiger charge is -2.23. The highest BCUT2D eigenvalue weighted by Crippen LogP contribution is 2.36. The predicted octanol–water partition coefficient (Wildman–Crippen LogP) is 3.93. The van der Waals surface area contributed by atoms with Crippen LogP contribution in [0.3, 0.4) is 0 Å². The maximum Gasteiger partial charge on any atom is 0.276 e. The SMILES string of the molecule is COc1ccc(-c2cc(C(=O)N3CCCC3c3c(C)noc3C)no2)cc1. The van der Waals surface area contributed by atoms with Crippen LogP contribution < -0.4 is 4.74 Å². The first-order chi connectivity index (χ1) is 13.1. The van der Waals surface area contributed by atoms with E-state index in [1.54, 1.807) is 13.2 Å². The zero-order valence-corrected chi connectivity index (χ0v) is 15.6.